The van der Waals surface area contributed by atoms with Gasteiger partial charge < -0.3 is 9.64 Å². The monoisotopic (exact) mass is 909 g/mol. The van der Waals surface area contributed by atoms with Crippen LogP contribution in [0.3, 0.4) is 0 Å². The Bertz CT molecular complexity index is 3240. The van der Waals surface area contributed by atoms with Crippen LogP contribution in [0, 0.1) is 0 Å². The fourth-order valence-corrected chi connectivity index (χ4v) is 11.4. The zero-order chi connectivity index (χ0) is 47.8. The molecule has 0 saturated heterocycles. The lowest BCUT2D eigenvalue weighted by molar-refractivity contribution is 0.306. The number of hydrogen-bond acceptors (Lipinski definition) is 2. The number of hydrogen-bond donors (Lipinski definition) is 0. The second-order valence-electron chi connectivity index (χ2n) is 20.8. The molecule has 3 unspecified atom stereocenters. The summed E-state index contributed by atoms with van der Waals surface area (Å²) in [5, 5.41) is 0. The van der Waals surface area contributed by atoms with E-state index < -0.39 is 5.41 Å². The molecule has 0 heterocycles. The Balaban J connectivity index is 0.928. The van der Waals surface area contributed by atoms with E-state index in [0.29, 0.717) is 18.4 Å². The highest BCUT2D eigenvalue weighted by atomic mass is 16.5. The maximum absolute atomic E-state index is 6.59. The summed E-state index contributed by atoms with van der Waals surface area (Å²) in [4.78, 5) is 2.39. The topological polar surface area (TPSA) is 12.5 Å². The van der Waals surface area contributed by atoms with Gasteiger partial charge in [0.2, 0.25) is 0 Å². The average molecular weight is 910 g/mol. The third-order valence-corrected chi connectivity index (χ3v) is 15.5. The molecule has 0 saturated carbocycles. The van der Waals surface area contributed by atoms with Crippen molar-refractivity contribution in [3.63, 3.8) is 0 Å². The van der Waals surface area contributed by atoms with Gasteiger partial charge >= 0.3 is 0 Å². The first kappa shape index (κ1) is 45.0. The van der Waals surface area contributed by atoms with Gasteiger partial charge in [0.25, 0.3) is 0 Å². The smallest absolute Gasteiger partial charge is 0.119 e. The summed E-state index contributed by atoms with van der Waals surface area (Å²) in [6, 6.07) is 81.2. The van der Waals surface area contributed by atoms with Crippen molar-refractivity contribution in [1.29, 1.82) is 0 Å². The van der Waals surface area contributed by atoms with Crippen molar-refractivity contribution in [3.05, 3.63) is 274 Å². The minimum atomic E-state index is -0.596. The molecule has 2 aliphatic rings. The third kappa shape index (κ3) is 8.44. The summed E-state index contributed by atoms with van der Waals surface area (Å²) in [6.07, 6.45) is 4.80. The van der Waals surface area contributed by atoms with Gasteiger partial charge in [0.1, 0.15) is 12.4 Å². The predicted octanol–water partition coefficient (Wildman–Crippen LogP) is 17.8. The van der Waals surface area contributed by atoms with Gasteiger partial charge in [-0.15, -0.1) is 0 Å². The fourth-order valence-electron chi connectivity index (χ4n) is 11.4. The first-order chi connectivity index (χ1) is 34.2. The molecule has 11 rings (SSSR count). The van der Waals surface area contributed by atoms with E-state index in [2.05, 4.69) is 258 Å². The molecule has 0 spiro atoms. The summed E-state index contributed by atoms with van der Waals surface area (Å²) in [5.41, 5.74) is 21.2. The summed E-state index contributed by atoms with van der Waals surface area (Å²) < 4.78 is 6.59. The fraction of sp³-hybridized carbons (Fsp3) is 0.206. The summed E-state index contributed by atoms with van der Waals surface area (Å²) in [5.74, 6) is 1.91. The van der Waals surface area contributed by atoms with E-state index in [1.807, 2.05) is 0 Å². The molecule has 9 aromatic carbocycles. The van der Waals surface area contributed by atoms with Crippen molar-refractivity contribution >= 4 is 17.1 Å². The lowest BCUT2D eigenvalue weighted by atomic mass is 9.67. The number of rotatable bonds is 14. The van der Waals surface area contributed by atoms with Crippen molar-refractivity contribution in [2.75, 3.05) is 4.90 Å². The minimum Gasteiger partial charge on any atom is -0.489 e. The maximum Gasteiger partial charge on any atom is 0.119 e. The summed E-state index contributed by atoms with van der Waals surface area (Å²) in [7, 11) is 0. The van der Waals surface area contributed by atoms with E-state index in [-0.39, 0.29) is 5.41 Å². The van der Waals surface area contributed by atoms with Crippen molar-refractivity contribution in [2.45, 2.75) is 89.6 Å². The zero-order valence-corrected chi connectivity index (χ0v) is 41.3. The SMILES string of the molecule is CCC(CC(C)c1ccc(COc2ccc(C3(c4ccc(C(C)(C)C)cc4)c4ccccc4-c4ccc(N(c5ccccc5)c5ccc(-c6ccccc6)cc5)cc43)cc2)cc1)c1ccc2c(c1)CC2. The molecule has 2 aliphatic carbocycles. The number of fused-ring (bicyclic) bond motifs is 4. The molecule has 2 nitrogen and oxygen atoms in total. The Morgan fingerprint density at radius 2 is 1.10 bits per heavy atom. The van der Waals surface area contributed by atoms with Crippen LogP contribution in [0.2, 0.25) is 0 Å². The Morgan fingerprint density at radius 3 is 1.76 bits per heavy atom. The highest BCUT2D eigenvalue weighted by Gasteiger charge is 2.46. The molecule has 70 heavy (non-hydrogen) atoms. The standard InChI is InChI=1S/C68H63NO/c1-6-49(54-27-25-53-26-28-55(53)44-54)43-47(2)50-23-21-48(22-24-50)46-70-62-40-35-58(36-41-62)68(57-33-31-56(32-34-57)67(3,4)5)65-20-14-13-19-63(65)64-42-39-61(45-66(64)68)69(59-17-11-8-12-18-59)60-37-29-52(30-38-60)51-15-9-7-10-16-51/h7-25,27,29-42,44-45,47,49H,6,26,28,43,46H2,1-5H3. The Hall–Kier alpha value is -7.42. The van der Waals surface area contributed by atoms with Crippen molar-refractivity contribution in [1.82, 2.24) is 0 Å². The largest absolute Gasteiger partial charge is 0.489 e. The molecule has 0 fully saturated rings. The van der Waals surface area contributed by atoms with Gasteiger partial charge in [-0.2, -0.15) is 0 Å². The van der Waals surface area contributed by atoms with Gasteiger partial charge in [-0.25, -0.2) is 0 Å². The van der Waals surface area contributed by atoms with Crippen LogP contribution in [0.1, 0.15) is 115 Å². The van der Waals surface area contributed by atoms with Gasteiger partial charge in [-0.05, 0) is 169 Å². The summed E-state index contributed by atoms with van der Waals surface area (Å²) in [6.45, 7) is 12.1. The first-order valence-corrected chi connectivity index (χ1v) is 25.5. The van der Waals surface area contributed by atoms with Crippen LogP contribution >= 0.6 is 0 Å². The van der Waals surface area contributed by atoms with Crippen LogP contribution in [0.25, 0.3) is 22.3 Å². The van der Waals surface area contributed by atoms with Gasteiger partial charge in [-0.3, -0.25) is 0 Å². The van der Waals surface area contributed by atoms with Crippen LogP contribution in [0.4, 0.5) is 17.1 Å². The van der Waals surface area contributed by atoms with Crippen LogP contribution < -0.4 is 9.64 Å². The van der Waals surface area contributed by atoms with Crippen LogP contribution in [-0.4, -0.2) is 0 Å². The molecule has 0 N–H and O–H groups in total. The molecule has 0 aromatic heterocycles. The molecule has 9 aromatic rings. The van der Waals surface area contributed by atoms with Crippen molar-refractivity contribution in [2.24, 2.45) is 0 Å². The number of aryl methyl sites for hydroxylation is 2. The van der Waals surface area contributed by atoms with E-state index in [4.69, 9.17) is 4.74 Å². The molecule has 0 aliphatic heterocycles. The van der Waals surface area contributed by atoms with Crippen molar-refractivity contribution < 1.29 is 4.74 Å². The van der Waals surface area contributed by atoms with Gasteiger partial charge in [0.15, 0.2) is 0 Å². The first-order valence-electron chi connectivity index (χ1n) is 25.5. The van der Waals surface area contributed by atoms with E-state index in [1.165, 1.54) is 79.6 Å². The van der Waals surface area contributed by atoms with Crippen LogP contribution in [0.5, 0.6) is 5.75 Å². The predicted molar refractivity (Wildman–Crippen MR) is 293 cm³/mol. The molecule has 0 radical (unpaired) electrons. The highest BCUT2D eigenvalue weighted by molar-refractivity contribution is 5.89. The zero-order valence-electron chi connectivity index (χ0n) is 41.3. The minimum absolute atomic E-state index is 0.0229. The van der Waals surface area contributed by atoms with Crippen LogP contribution in [-0.2, 0) is 30.3 Å². The number of para-hydroxylation sites is 1. The highest BCUT2D eigenvalue weighted by Crippen LogP contribution is 2.57. The number of nitrogens with zero attached hydrogens (tertiary/aromatic N) is 1. The molecule has 0 bridgehead atoms. The lowest BCUT2D eigenvalue weighted by Gasteiger charge is -2.35. The molecule has 0 amide bonds. The van der Waals surface area contributed by atoms with E-state index >= 15 is 0 Å². The van der Waals surface area contributed by atoms with Gasteiger partial charge in [-0.1, -0.05) is 204 Å². The third-order valence-electron chi connectivity index (χ3n) is 15.5. The van der Waals surface area contributed by atoms with E-state index in [9.17, 15) is 0 Å². The molecule has 346 valence electrons. The van der Waals surface area contributed by atoms with E-state index in [1.54, 1.807) is 11.1 Å². The van der Waals surface area contributed by atoms with Crippen molar-refractivity contribution in [3.8, 4) is 28.0 Å². The molecule has 2 heteroatoms. The Morgan fingerprint density at radius 1 is 0.514 bits per heavy atom. The number of anilines is 3. The van der Waals surface area contributed by atoms with Gasteiger partial charge in [0, 0.05) is 17.1 Å². The lowest BCUT2D eigenvalue weighted by Crippen LogP contribution is -2.29. The molecular weight excluding hydrogens is 847 g/mol. The number of benzene rings is 9. The number of ether oxygens (including phenoxy) is 1. The second kappa shape index (κ2) is 18.8. The molecular formula is C68H63NO. The van der Waals surface area contributed by atoms with Gasteiger partial charge in [0.05, 0.1) is 5.41 Å². The summed E-state index contributed by atoms with van der Waals surface area (Å²) >= 11 is 0. The quantitative estimate of drug-likeness (QED) is 0.108. The second-order valence-corrected chi connectivity index (χ2v) is 20.8. The van der Waals surface area contributed by atoms with Crippen LogP contribution in [0.15, 0.2) is 218 Å². The normalized spacial score (nSPS) is 15.5. The van der Waals surface area contributed by atoms with E-state index in [0.717, 1.165) is 35.7 Å². The Labute approximate surface area is 416 Å². The molecule has 3 atom stereocenters. The maximum atomic E-state index is 6.59. The average Bonchev–Trinajstić information content (AvgIpc) is 3.69. The Kier molecular flexibility index (Phi) is 12.1.